The molecule has 0 saturated heterocycles. The molecule has 4 rings (SSSR count). The highest BCUT2D eigenvalue weighted by molar-refractivity contribution is 7.91. The number of hydrogen-bond donors (Lipinski definition) is 2. The van der Waals surface area contributed by atoms with E-state index in [1.807, 2.05) is 6.07 Å². The summed E-state index contributed by atoms with van der Waals surface area (Å²) in [6.45, 7) is 0.0195. The van der Waals surface area contributed by atoms with Crippen LogP contribution in [0, 0.1) is 11.3 Å². The number of aryl methyl sites for hydroxylation is 1. The van der Waals surface area contributed by atoms with Crippen LogP contribution in [0.2, 0.25) is 0 Å². The number of nitriles is 1. The van der Waals surface area contributed by atoms with E-state index in [-0.39, 0.29) is 21.0 Å². The molecule has 3 heterocycles. The van der Waals surface area contributed by atoms with Crippen LogP contribution >= 0.6 is 11.3 Å². The second-order valence-corrected chi connectivity index (χ2v) is 9.41. The van der Waals surface area contributed by atoms with Crippen molar-refractivity contribution in [1.82, 2.24) is 24.1 Å². The van der Waals surface area contributed by atoms with E-state index < -0.39 is 26.8 Å². The number of thiophene rings is 1. The molecule has 140 valence electrons. The summed E-state index contributed by atoms with van der Waals surface area (Å²) in [6.07, 6.45) is 4.12. The zero-order valence-corrected chi connectivity index (χ0v) is 15.7. The molecule has 1 aliphatic carbocycles. The zero-order chi connectivity index (χ0) is 19.4. The lowest BCUT2D eigenvalue weighted by Gasteiger charge is -2.07. The summed E-state index contributed by atoms with van der Waals surface area (Å²) in [5.41, 5.74) is -1.62. The van der Waals surface area contributed by atoms with E-state index in [9.17, 15) is 18.0 Å². The average molecular weight is 406 g/mol. The molecule has 27 heavy (non-hydrogen) atoms. The Labute approximate surface area is 156 Å². The Morgan fingerprint density at radius 3 is 2.78 bits per heavy atom. The number of fused-ring (bicyclic) bond motifs is 1. The fourth-order valence-electron chi connectivity index (χ4n) is 2.70. The van der Waals surface area contributed by atoms with Gasteiger partial charge in [-0.15, -0.1) is 11.3 Å². The predicted molar refractivity (Wildman–Crippen MR) is 96.9 cm³/mol. The summed E-state index contributed by atoms with van der Waals surface area (Å²) in [4.78, 5) is 27.7. The molecule has 12 heteroatoms. The molecule has 0 amide bonds. The van der Waals surface area contributed by atoms with Crippen LogP contribution in [0.4, 0.5) is 0 Å². The Hall–Kier alpha value is -2.75. The molecular formula is C15H14N6O4S2. The van der Waals surface area contributed by atoms with E-state index in [1.165, 1.54) is 6.07 Å². The molecule has 1 fully saturated rings. The fourth-order valence-corrected chi connectivity index (χ4v) is 5.43. The monoisotopic (exact) mass is 406 g/mol. The van der Waals surface area contributed by atoms with Gasteiger partial charge in [0.2, 0.25) is 0 Å². The summed E-state index contributed by atoms with van der Waals surface area (Å²) in [5.74, 6) is 0. The van der Waals surface area contributed by atoms with Gasteiger partial charge in [0.1, 0.15) is 14.6 Å². The summed E-state index contributed by atoms with van der Waals surface area (Å²) in [6, 6.07) is 3.18. The summed E-state index contributed by atoms with van der Waals surface area (Å²) in [7, 11) is -2.25. The van der Waals surface area contributed by atoms with Gasteiger partial charge in [-0.1, -0.05) is 0 Å². The minimum atomic E-state index is -3.96. The predicted octanol–water partition coefficient (Wildman–Crippen LogP) is -0.132. The van der Waals surface area contributed by atoms with Crippen LogP contribution in [0.5, 0.6) is 0 Å². The first-order valence-electron chi connectivity index (χ1n) is 7.92. The molecule has 0 radical (unpaired) electrons. The Balaban J connectivity index is 1.77. The summed E-state index contributed by atoms with van der Waals surface area (Å²) in [5, 5.41) is 13.2. The van der Waals surface area contributed by atoms with Gasteiger partial charge in [-0.2, -0.15) is 15.1 Å². The van der Waals surface area contributed by atoms with E-state index in [1.54, 1.807) is 24.1 Å². The van der Waals surface area contributed by atoms with Crippen LogP contribution in [-0.2, 0) is 23.6 Å². The van der Waals surface area contributed by atoms with Gasteiger partial charge in [-0.3, -0.25) is 19.0 Å². The third-order valence-electron chi connectivity index (χ3n) is 4.31. The van der Waals surface area contributed by atoms with E-state index >= 15 is 0 Å². The van der Waals surface area contributed by atoms with Crippen molar-refractivity contribution < 1.29 is 8.42 Å². The highest BCUT2D eigenvalue weighted by atomic mass is 32.2. The van der Waals surface area contributed by atoms with Gasteiger partial charge in [-0.25, -0.2) is 13.2 Å². The molecule has 1 saturated carbocycles. The van der Waals surface area contributed by atoms with Crippen molar-refractivity contribution in [2.24, 2.45) is 7.05 Å². The zero-order valence-electron chi connectivity index (χ0n) is 14.1. The third kappa shape index (κ3) is 3.09. The van der Waals surface area contributed by atoms with Crippen LogP contribution in [0.25, 0.3) is 10.2 Å². The second-order valence-electron chi connectivity index (χ2n) is 6.45. The van der Waals surface area contributed by atoms with E-state index in [4.69, 9.17) is 5.26 Å². The highest BCUT2D eigenvalue weighted by Crippen LogP contribution is 2.37. The fraction of sp³-hybridized carbons (Fsp3) is 0.333. The maximum atomic E-state index is 12.7. The highest BCUT2D eigenvalue weighted by Gasteiger charge is 2.47. The number of nitrogens with zero attached hydrogens (tertiary/aromatic N) is 4. The molecule has 3 aromatic heterocycles. The third-order valence-corrected chi connectivity index (χ3v) is 7.37. The first kappa shape index (κ1) is 17.7. The Kier molecular flexibility index (Phi) is 3.84. The number of nitrogens with one attached hydrogen (secondary N) is 2. The molecule has 1 aliphatic rings. The number of aromatic amines is 1. The van der Waals surface area contributed by atoms with Crippen molar-refractivity contribution >= 4 is 31.6 Å². The normalized spacial score (nSPS) is 15.7. The number of sulfonamides is 1. The molecule has 10 nitrogen and oxygen atoms in total. The first-order chi connectivity index (χ1) is 12.7. The maximum absolute atomic E-state index is 12.7. The van der Waals surface area contributed by atoms with Crippen LogP contribution in [-0.4, -0.2) is 33.3 Å². The first-order valence-corrected chi connectivity index (χ1v) is 10.2. The number of aromatic nitrogens is 4. The van der Waals surface area contributed by atoms with Crippen LogP contribution in [0.15, 0.2) is 32.3 Å². The van der Waals surface area contributed by atoms with Crippen molar-refractivity contribution in [3.63, 3.8) is 0 Å². The van der Waals surface area contributed by atoms with Crippen molar-refractivity contribution in [2.45, 2.75) is 29.1 Å². The second kappa shape index (κ2) is 5.88. The molecule has 0 aromatic carbocycles. The SMILES string of the molecule is Cn1cc(Cn2c(=O)[nH]c3sc(S(=O)(=O)NC4(C#N)CC4)cc3c2=O)cn1. The standard InChI is InChI=1S/C15H14N6O4S2/c1-20-6-9(5-17-20)7-21-13(22)10-4-11(26-12(10)18-14(21)23)27(24,25)19-15(8-16)2-3-15/h4-6,19H,2-3,7H2,1H3,(H,18,23). The maximum Gasteiger partial charge on any atom is 0.329 e. The van der Waals surface area contributed by atoms with Crippen molar-refractivity contribution in [3.8, 4) is 6.07 Å². The van der Waals surface area contributed by atoms with Crippen molar-refractivity contribution in [1.29, 1.82) is 5.26 Å². The minimum absolute atomic E-state index is 0.0195. The molecule has 3 aromatic rings. The van der Waals surface area contributed by atoms with Gasteiger partial charge >= 0.3 is 5.69 Å². The quantitative estimate of drug-likeness (QED) is 0.604. The Bertz CT molecular complexity index is 1320. The smallest absolute Gasteiger partial charge is 0.298 e. The lowest BCUT2D eigenvalue weighted by Crippen LogP contribution is -2.35. The van der Waals surface area contributed by atoms with Gasteiger partial charge in [0, 0.05) is 18.8 Å². The van der Waals surface area contributed by atoms with Crippen LogP contribution in [0.3, 0.4) is 0 Å². The van der Waals surface area contributed by atoms with Gasteiger partial charge in [0.25, 0.3) is 15.6 Å². The molecule has 0 atom stereocenters. The molecule has 2 N–H and O–H groups in total. The Morgan fingerprint density at radius 2 is 2.19 bits per heavy atom. The van der Waals surface area contributed by atoms with Gasteiger partial charge in [0.15, 0.2) is 0 Å². The van der Waals surface area contributed by atoms with Crippen molar-refractivity contribution in [3.05, 3.63) is 44.9 Å². The lowest BCUT2D eigenvalue weighted by atomic mass is 10.3. The van der Waals surface area contributed by atoms with Gasteiger partial charge < -0.3 is 0 Å². The minimum Gasteiger partial charge on any atom is -0.298 e. The molecule has 0 spiro atoms. The van der Waals surface area contributed by atoms with Crippen LogP contribution < -0.4 is 16.0 Å². The molecule has 0 aliphatic heterocycles. The number of hydrogen-bond acceptors (Lipinski definition) is 7. The van der Waals surface area contributed by atoms with Gasteiger partial charge in [0.05, 0.1) is 24.2 Å². The average Bonchev–Trinajstić information content (AvgIpc) is 3.02. The van der Waals surface area contributed by atoms with E-state index in [0.717, 1.165) is 15.9 Å². The van der Waals surface area contributed by atoms with Gasteiger partial charge in [-0.05, 0) is 18.9 Å². The molecule has 0 bridgehead atoms. The van der Waals surface area contributed by atoms with Crippen molar-refractivity contribution in [2.75, 3.05) is 0 Å². The molecule has 0 unspecified atom stereocenters. The molecular weight excluding hydrogens is 392 g/mol. The topological polar surface area (TPSA) is 143 Å². The number of rotatable bonds is 5. The Morgan fingerprint density at radius 1 is 1.44 bits per heavy atom. The number of H-pyrrole nitrogens is 1. The summed E-state index contributed by atoms with van der Waals surface area (Å²) < 4.78 is 29.9. The lowest BCUT2D eigenvalue weighted by molar-refractivity contribution is 0.573. The van der Waals surface area contributed by atoms with E-state index in [2.05, 4.69) is 14.8 Å². The summed E-state index contributed by atoms with van der Waals surface area (Å²) >= 11 is 0.785. The largest absolute Gasteiger partial charge is 0.329 e. The van der Waals surface area contributed by atoms with E-state index in [0.29, 0.717) is 18.4 Å². The van der Waals surface area contributed by atoms with Crippen LogP contribution in [0.1, 0.15) is 18.4 Å².